The second kappa shape index (κ2) is 9.56. The van der Waals surface area contributed by atoms with Crippen molar-refractivity contribution < 1.29 is 28.8 Å². The summed E-state index contributed by atoms with van der Waals surface area (Å²) in [5.74, 6) is 1.27. The van der Waals surface area contributed by atoms with Crippen LogP contribution in [0.2, 0.25) is 0 Å². The lowest BCUT2D eigenvalue weighted by Crippen LogP contribution is -3.08. The standard InChI is InChI=1S/C19H23N3O6/c1-21(11-13-5-8-17(27-3)18(9-13)28-4)12-19(23)20-15-7-6-14(26-2)10-16(15)22(24)25/h5-10H,11-12H2,1-4H3,(H,20,23)/p+1. The van der Waals surface area contributed by atoms with E-state index in [4.69, 9.17) is 14.2 Å². The lowest BCUT2D eigenvalue weighted by Gasteiger charge is -2.15. The molecule has 0 bridgehead atoms. The van der Waals surface area contributed by atoms with E-state index in [1.54, 1.807) is 20.3 Å². The first kappa shape index (κ1) is 21.0. The number of methoxy groups -OCH3 is 3. The molecule has 0 aromatic heterocycles. The Morgan fingerprint density at radius 3 is 2.39 bits per heavy atom. The molecule has 2 N–H and O–H groups in total. The van der Waals surface area contributed by atoms with Gasteiger partial charge in [0.05, 0.1) is 39.4 Å². The van der Waals surface area contributed by atoms with E-state index in [0.29, 0.717) is 23.8 Å². The highest BCUT2D eigenvalue weighted by Crippen LogP contribution is 2.29. The Hall–Kier alpha value is -3.33. The van der Waals surface area contributed by atoms with E-state index in [1.807, 2.05) is 25.2 Å². The van der Waals surface area contributed by atoms with Gasteiger partial charge in [0.15, 0.2) is 18.0 Å². The third-order valence-corrected chi connectivity index (χ3v) is 4.09. The van der Waals surface area contributed by atoms with Crippen molar-refractivity contribution >= 4 is 17.3 Å². The summed E-state index contributed by atoms with van der Waals surface area (Å²) in [6, 6.07) is 9.85. The van der Waals surface area contributed by atoms with Crippen LogP contribution < -0.4 is 24.4 Å². The Kier molecular flexibility index (Phi) is 7.16. The van der Waals surface area contributed by atoms with Gasteiger partial charge >= 0.3 is 0 Å². The predicted molar refractivity (Wildman–Crippen MR) is 103 cm³/mol. The predicted octanol–water partition coefficient (Wildman–Crippen LogP) is 1.27. The van der Waals surface area contributed by atoms with Crippen molar-refractivity contribution in [3.63, 3.8) is 0 Å². The van der Waals surface area contributed by atoms with Gasteiger partial charge in [-0.15, -0.1) is 0 Å². The molecule has 9 nitrogen and oxygen atoms in total. The lowest BCUT2D eigenvalue weighted by molar-refractivity contribution is -0.885. The van der Waals surface area contributed by atoms with Gasteiger partial charge in [-0.1, -0.05) is 0 Å². The molecular weight excluding hydrogens is 366 g/mol. The number of anilines is 1. The minimum absolute atomic E-state index is 0.134. The molecule has 2 aromatic carbocycles. The van der Waals surface area contributed by atoms with E-state index in [-0.39, 0.29) is 23.8 Å². The molecule has 0 aliphatic carbocycles. The first-order valence-corrected chi connectivity index (χ1v) is 8.52. The van der Waals surface area contributed by atoms with Gasteiger partial charge in [0.1, 0.15) is 18.0 Å². The van der Waals surface area contributed by atoms with Crippen LogP contribution in [-0.2, 0) is 11.3 Å². The number of ether oxygens (including phenoxy) is 3. The van der Waals surface area contributed by atoms with Crippen molar-refractivity contribution in [3.05, 3.63) is 52.1 Å². The number of amides is 1. The smallest absolute Gasteiger partial charge is 0.296 e. The van der Waals surface area contributed by atoms with Crippen molar-refractivity contribution in [2.75, 3.05) is 40.2 Å². The van der Waals surface area contributed by atoms with Crippen LogP contribution in [0.1, 0.15) is 5.56 Å². The fourth-order valence-electron chi connectivity index (χ4n) is 2.77. The molecule has 2 aromatic rings. The van der Waals surface area contributed by atoms with Crippen LogP contribution in [0.3, 0.4) is 0 Å². The van der Waals surface area contributed by atoms with Gasteiger partial charge in [0.25, 0.3) is 11.6 Å². The molecule has 0 spiro atoms. The van der Waals surface area contributed by atoms with Gasteiger partial charge < -0.3 is 24.4 Å². The van der Waals surface area contributed by atoms with Crippen molar-refractivity contribution in [3.8, 4) is 17.2 Å². The van der Waals surface area contributed by atoms with E-state index in [0.717, 1.165) is 10.5 Å². The molecule has 0 fully saturated rings. The van der Waals surface area contributed by atoms with Gasteiger partial charge in [-0.2, -0.15) is 0 Å². The van der Waals surface area contributed by atoms with Crippen LogP contribution in [-0.4, -0.2) is 45.8 Å². The second-order valence-electron chi connectivity index (χ2n) is 6.19. The number of rotatable bonds is 9. The molecular formula is C19H24N3O6+. The molecule has 1 amide bonds. The third-order valence-electron chi connectivity index (χ3n) is 4.09. The molecule has 150 valence electrons. The van der Waals surface area contributed by atoms with E-state index in [2.05, 4.69) is 5.32 Å². The van der Waals surface area contributed by atoms with Crippen LogP contribution in [0.4, 0.5) is 11.4 Å². The highest BCUT2D eigenvalue weighted by atomic mass is 16.6. The van der Waals surface area contributed by atoms with Crippen LogP contribution in [0, 0.1) is 10.1 Å². The molecule has 0 saturated carbocycles. The number of nitro groups is 1. The minimum Gasteiger partial charge on any atom is -0.496 e. The zero-order valence-electron chi connectivity index (χ0n) is 16.3. The Morgan fingerprint density at radius 2 is 1.79 bits per heavy atom. The zero-order valence-corrected chi connectivity index (χ0v) is 16.3. The number of carbonyl (C=O) groups is 1. The highest BCUT2D eigenvalue weighted by molar-refractivity contribution is 5.93. The molecule has 2 rings (SSSR count). The van der Waals surface area contributed by atoms with Crippen molar-refractivity contribution in [2.45, 2.75) is 6.54 Å². The molecule has 0 radical (unpaired) electrons. The van der Waals surface area contributed by atoms with Crippen molar-refractivity contribution in [1.82, 2.24) is 0 Å². The number of quaternary nitrogens is 1. The fraction of sp³-hybridized carbons (Fsp3) is 0.316. The van der Waals surface area contributed by atoms with E-state index >= 15 is 0 Å². The van der Waals surface area contributed by atoms with Gasteiger partial charge in [-0.05, 0) is 30.3 Å². The molecule has 0 aliphatic rings. The van der Waals surface area contributed by atoms with Gasteiger partial charge in [0.2, 0.25) is 0 Å². The highest BCUT2D eigenvalue weighted by Gasteiger charge is 2.19. The monoisotopic (exact) mass is 390 g/mol. The molecule has 0 saturated heterocycles. The van der Waals surface area contributed by atoms with E-state index in [9.17, 15) is 14.9 Å². The summed E-state index contributed by atoms with van der Waals surface area (Å²) in [5.41, 5.74) is 0.887. The van der Waals surface area contributed by atoms with Crippen LogP contribution in [0.25, 0.3) is 0 Å². The van der Waals surface area contributed by atoms with E-state index in [1.165, 1.54) is 19.2 Å². The second-order valence-corrected chi connectivity index (χ2v) is 6.19. The normalized spacial score (nSPS) is 11.4. The first-order chi connectivity index (χ1) is 13.4. The van der Waals surface area contributed by atoms with Gasteiger partial charge in [-0.25, -0.2) is 0 Å². The van der Waals surface area contributed by atoms with Crippen molar-refractivity contribution in [1.29, 1.82) is 0 Å². The number of hydrogen-bond acceptors (Lipinski definition) is 6. The Bertz CT molecular complexity index is 856. The number of nitro benzene ring substituents is 1. The molecule has 1 unspecified atom stereocenters. The summed E-state index contributed by atoms with van der Waals surface area (Å²) in [5, 5.41) is 13.8. The summed E-state index contributed by atoms with van der Waals surface area (Å²) in [6.07, 6.45) is 0. The Morgan fingerprint density at radius 1 is 1.07 bits per heavy atom. The van der Waals surface area contributed by atoms with Crippen LogP contribution in [0.5, 0.6) is 17.2 Å². The summed E-state index contributed by atoms with van der Waals surface area (Å²) in [7, 11) is 6.41. The number of nitrogens with zero attached hydrogens (tertiary/aromatic N) is 1. The maximum Gasteiger partial charge on any atom is 0.296 e. The van der Waals surface area contributed by atoms with Crippen LogP contribution in [0.15, 0.2) is 36.4 Å². The van der Waals surface area contributed by atoms with Gasteiger partial charge in [-0.3, -0.25) is 14.9 Å². The molecule has 28 heavy (non-hydrogen) atoms. The largest absolute Gasteiger partial charge is 0.496 e. The minimum atomic E-state index is -0.557. The van der Waals surface area contributed by atoms with E-state index < -0.39 is 4.92 Å². The lowest BCUT2D eigenvalue weighted by atomic mass is 10.2. The average molecular weight is 390 g/mol. The quantitative estimate of drug-likeness (QED) is 0.494. The zero-order chi connectivity index (χ0) is 20.7. The molecule has 9 heteroatoms. The maximum atomic E-state index is 12.3. The van der Waals surface area contributed by atoms with Gasteiger partial charge in [0, 0.05) is 5.56 Å². The Labute approximate surface area is 163 Å². The number of likely N-dealkylation sites (N-methyl/N-ethyl adjacent to an activating group) is 1. The number of benzene rings is 2. The molecule has 1 atom stereocenters. The number of hydrogen-bond donors (Lipinski definition) is 2. The summed E-state index contributed by atoms with van der Waals surface area (Å²) in [4.78, 5) is 23.9. The van der Waals surface area contributed by atoms with Crippen molar-refractivity contribution in [2.24, 2.45) is 0 Å². The first-order valence-electron chi connectivity index (χ1n) is 8.52. The average Bonchev–Trinajstić information content (AvgIpc) is 2.67. The third kappa shape index (κ3) is 5.34. The Balaban J connectivity index is 2.02. The fourth-order valence-corrected chi connectivity index (χ4v) is 2.77. The number of carbonyl (C=O) groups excluding carboxylic acids is 1. The molecule has 0 aliphatic heterocycles. The summed E-state index contributed by atoms with van der Waals surface area (Å²) >= 11 is 0. The number of nitrogens with one attached hydrogen (secondary N) is 2. The topological polar surface area (TPSA) is 104 Å². The maximum absolute atomic E-state index is 12.3. The molecule has 0 heterocycles. The van der Waals surface area contributed by atoms with Crippen LogP contribution >= 0.6 is 0 Å². The summed E-state index contributed by atoms with van der Waals surface area (Å²) in [6.45, 7) is 0.704. The summed E-state index contributed by atoms with van der Waals surface area (Å²) < 4.78 is 15.5. The SMILES string of the molecule is COc1ccc(NC(=O)C[NH+](C)Cc2ccc(OC)c(OC)c2)c([N+](=O)[O-])c1.